The monoisotopic (exact) mass is 504 g/mol. The molecular formula is C24H23F3N4O3S. The number of nitrogens with one attached hydrogen (secondary N) is 2. The predicted molar refractivity (Wildman–Crippen MR) is 126 cm³/mol. The highest BCUT2D eigenvalue weighted by molar-refractivity contribution is 7.08. The van der Waals surface area contributed by atoms with Gasteiger partial charge in [-0.05, 0) is 36.1 Å². The third-order valence-electron chi connectivity index (χ3n) is 5.45. The summed E-state index contributed by atoms with van der Waals surface area (Å²) < 4.78 is 50.2. The summed E-state index contributed by atoms with van der Waals surface area (Å²) in [7, 11) is 1.69. The van der Waals surface area contributed by atoms with E-state index >= 15 is 0 Å². The van der Waals surface area contributed by atoms with Gasteiger partial charge in [-0.3, -0.25) is 9.69 Å². The van der Waals surface area contributed by atoms with Gasteiger partial charge in [-0.2, -0.15) is 24.5 Å². The second-order valence-electron chi connectivity index (χ2n) is 7.87. The Labute approximate surface area is 204 Å². The van der Waals surface area contributed by atoms with E-state index in [-0.39, 0.29) is 17.6 Å². The first kappa shape index (κ1) is 24.8. The number of alkyl halides is 3. The number of carbonyl (C=O) groups excluding carboxylic acids is 1. The molecular weight excluding hydrogens is 481 g/mol. The number of aromatic amines is 1. The van der Waals surface area contributed by atoms with Crippen molar-refractivity contribution in [2.45, 2.75) is 18.7 Å². The second-order valence-corrected chi connectivity index (χ2v) is 8.65. The minimum atomic E-state index is -4.54. The molecule has 0 aliphatic carbocycles. The van der Waals surface area contributed by atoms with Gasteiger partial charge in [-0.25, -0.2) is 4.98 Å². The van der Waals surface area contributed by atoms with Crippen LogP contribution in [0.5, 0.6) is 5.75 Å². The molecule has 35 heavy (non-hydrogen) atoms. The SMILES string of the molecule is COC1CCN(CCOc2ccc(-c3ncc(C(F)(F)F)[nH]3)cc2NC(=O)C#Cc2ccsc2)C1. The fraction of sp³-hybridized carbons (Fsp3) is 0.333. The minimum Gasteiger partial charge on any atom is -0.490 e. The van der Waals surface area contributed by atoms with Crippen LogP contribution in [0.25, 0.3) is 11.4 Å². The molecule has 3 heterocycles. The smallest absolute Gasteiger partial charge is 0.432 e. The zero-order valence-electron chi connectivity index (χ0n) is 18.8. The maximum Gasteiger partial charge on any atom is 0.432 e. The summed E-state index contributed by atoms with van der Waals surface area (Å²) in [5, 5.41) is 6.35. The summed E-state index contributed by atoms with van der Waals surface area (Å²) in [5.74, 6) is 5.10. The highest BCUT2D eigenvalue weighted by Gasteiger charge is 2.33. The molecule has 1 aliphatic rings. The molecule has 1 aromatic carbocycles. The largest absolute Gasteiger partial charge is 0.490 e. The first-order chi connectivity index (χ1) is 16.8. The molecule has 1 amide bonds. The fourth-order valence-corrected chi connectivity index (χ4v) is 4.20. The Bertz CT molecular complexity index is 1210. The summed E-state index contributed by atoms with van der Waals surface area (Å²) in [5.41, 5.74) is 0.398. The van der Waals surface area contributed by atoms with Crippen molar-refractivity contribution in [1.29, 1.82) is 0 Å². The van der Waals surface area contributed by atoms with E-state index in [1.807, 2.05) is 10.8 Å². The zero-order valence-corrected chi connectivity index (χ0v) is 19.6. The maximum absolute atomic E-state index is 13.0. The number of H-pyrrole nitrogens is 1. The molecule has 0 radical (unpaired) electrons. The van der Waals surface area contributed by atoms with Gasteiger partial charge in [0.2, 0.25) is 0 Å². The fourth-order valence-electron chi connectivity index (χ4n) is 3.61. The van der Waals surface area contributed by atoms with Crippen molar-refractivity contribution < 1.29 is 27.4 Å². The summed E-state index contributed by atoms with van der Waals surface area (Å²) >= 11 is 1.47. The lowest BCUT2D eigenvalue weighted by atomic mass is 10.1. The Morgan fingerprint density at radius 3 is 2.91 bits per heavy atom. The molecule has 0 bridgehead atoms. The van der Waals surface area contributed by atoms with Gasteiger partial charge in [-0.1, -0.05) is 5.92 Å². The number of methoxy groups -OCH3 is 1. The average Bonchev–Trinajstić information content (AvgIpc) is 3.60. The van der Waals surface area contributed by atoms with Crippen molar-refractivity contribution in [2.24, 2.45) is 0 Å². The number of rotatable bonds is 7. The van der Waals surface area contributed by atoms with Crippen molar-refractivity contribution in [2.75, 3.05) is 38.7 Å². The Balaban J connectivity index is 1.51. The zero-order chi connectivity index (χ0) is 24.8. The molecule has 1 atom stereocenters. The molecule has 11 heteroatoms. The molecule has 2 aromatic heterocycles. The molecule has 1 unspecified atom stereocenters. The predicted octanol–water partition coefficient (Wildman–Crippen LogP) is 4.25. The number of likely N-dealkylation sites (tertiary alicyclic amines) is 1. The molecule has 0 spiro atoms. The Hall–Kier alpha value is -3.33. The molecule has 4 rings (SSSR count). The van der Waals surface area contributed by atoms with Crippen LogP contribution in [0, 0.1) is 11.8 Å². The van der Waals surface area contributed by atoms with Crippen LogP contribution in [0.15, 0.2) is 41.2 Å². The molecule has 0 saturated carbocycles. The van der Waals surface area contributed by atoms with Gasteiger partial charge in [0.05, 0.1) is 18.0 Å². The van der Waals surface area contributed by atoms with Gasteiger partial charge in [0.1, 0.15) is 23.9 Å². The number of anilines is 1. The van der Waals surface area contributed by atoms with Crippen molar-refractivity contribution >= 4 is 22.9 Å². The van der Waals surface area contributed by atoms with Gasteiger partial charge >= 0.3 is 12.1 Å². The van der Waals surface area contributed by atoms with E-state index in [4.69, 9.17) is 9.47 Å². The summed E-state index contributed by atoms with van der Waals surface area (Å²) in [6.07, 6.45) is -2.65. The van der Waals surface area contributed by atoms with Crippen LogP contribution < -0.4 is 10.1 Å². The number of hydrogen-bond donors (Lipinski definition) is 2. The number of imidazole rings is 1. The van der Waals surface area contributed by atoms with E-state index in [1.165, 1.54) is 17.4 Å². The number of ether oxygens (including phenoxy) is 2. The standard InChI is InChI=1S/C24H23F3N4O3S/c1-33-18-6-8-31(14-18)9-10-34-20-4-3-17(23-28-13-21(30-23)24(25,26)27)12-19(20)29-22(32)5-2-16-7-11-35-15-16/h3-4,7,11-13,15,18H,6,8-10,14H2,1H3,(H,28,30)(H,29,32). The number of amides is 1. The summed E-state index contributed by atoms with van der Waals surface area (Å²) in [4.78, 5) is 20.8. The number of nitrogens with zero attached hydrogens (tertiary/aromatic N) is 2. The lowest BCUT2D eigenvalue weighted by molar-refractivity contribution is -0.140. The van der Waals surface area contributed by atoms with Crippen LogP contribution in [0.1, 0.15) is 17.7 Å². The van der Waals surface area contributed by atoms with Crippen LogP contribution in [0.2, 0.25) is 0 Å². The van der Waals surface area contributed by atoms with E-state index in [9.17, 15) is 18.0 Å². The van der Waals surface area contributed by atoms with Crippen LogP contribution in [0.4, 0.5) is 18.9 Å². The normalized spacial score (nSPS) is 16.1. The molecule has 7 nitrogen and oxygen atoms in total. The highest BCUT2D eigenvalue weighted by Crippen LogP contribution is 2.33. The lowest BCUT2D eigenvalue weighted by Crippen LogP contribution is -2.27. The molecule has 1 saturated heterocycles. The second kappa shape index (κ2) is 10.9. The lowest BCUT2D eigenvalue weighted by Gasteiger charge is -2.17. The Kier molecular flexibility index (Phi) is 7.75. The number of benzene rings is 1. The van der Waals surface area contributed by atoms with Gasteiger partial charge in [0, 0.05) is 49.2 Å². The van der Waals surface area contributed by atoms with E-state index in [0.717, 1.165) is 25.7 Å². The topological polar surface area (TPSA) is 79.5 Å². The first-order valence-corrected chi connectivity index (χ1v) is 11.8. The van der Waals surface area contributed by atoms with Gasteiger partial charge < -0.3 is 19.8 Å². The third-order valence-corrected chi connectivity index (χ3v) is 6.13. The van der Waals surface area contributed by atoms with Crippen molar-refractivity contribution in [3.8, 4) is 29.0 Å². The van der Waals surface area contributed by atoms with Crippen LogP contribution in [-0.4, -0.2) is 60.2 Å². The Morgan fingerprint density at radius 2 is 2.23 bits per heavy atom. The van der Waals surface area contributed by atoms with Crippen LogP contribution in [0.3, 0.4) is 0 Å². The van der Waals surface area contributed by atoms with Crippen LogP contribution >= 0.6 is 11.3 Å². The maximum atomic E-state index is 13.0. The van der Waals surface area contributed by atoms with E-state index in [2.05, 4.69) is 32.0 Å². The minimum absolute atomic E-state index is 0.0198. The van der Waals surface area contributed by atoms with Gasteiger partial charge in [0.15, 0.2) is 0 Å². The average molecular weight is 505 g/mol. The summed E-state index contributed by atoms with van der Waals surface area (Å²) in [6, 6.07) is 6.48. The number of hydrogen-bond acceptors (Lipinski definition) is 6. The molecule has 1 aliphatic heterocycles. The molecule has 1 fully saturated rings. The number of thiophene rings is 1. The first-order valence-electron chi connectivity index (χ1n) is 10.8. The number of aromatic nitrogens is 2. The quantitative estimate of drug-likeness (QED) is 0.471. The third kappa shape index (κ3) is 6.63. The highest BCUT2D eigenvalue weighted by atomic mass is 32.1. The number of carbonyl (C=O) groups is 1. The van der Waals surface area contributed by atoms with E-state index in [1.54, 1.807) is 25.3 Å². The Morgan fingerprint density at radius 1 is 1.37 bits per heavy atom. The van der Waals surface area contributed by atoms with Crippen molar-refractivity contribution in [3.63, 3.8) is 0 Å². The van der Waals surface area contributed by atoms with Crippen molar-refractivity contribution in [3.05, 3.63) is 52.5 Å². The molecule has 184 valence electrons. The van der Waals surface area contributed by atoms with E-state index in [0.29, 0.717) is 30.0 Å². The van der Waals surface area contributed by atoms with Crippen LogP contribution in [-0.2, 0) is 15.7 Å². The van der Waals surface area contributed by atoms with Gasteiger partial charge in [-0.15, -0.1) is 0 Å². The number of halogens is 3. The molecule has 2 N–H and O–H groups in total. The van der Waals surface area contributed by atoms with E-state index < -0.39 is 17.8 Å². The van der Waals surface area contributed by atoms with Crippen molar-refractivity contribution in [1.82, 2.24) is 14.9 Å². The summed E-state index contributed by atoms with van der Waals surface area (Å²) in [6.45, 7) is 2.75. The molecule has 3 aromatic rings. The van der Waals surface area contributed by atoms with Gasteiger partial charge in [0.25, 0.3) is 0 Å².